The van der Waals surface area contributed by atoms with Gasteiger partial charge in [0, 0.05) is 61.3 Å². The molecule has 0 radical (unpaired) electrons. The van der Waals surface area contributed by atoms with Crippen LogP contribution in [0.3, 0.4) is 0 Å². The number of ether oxygens (including phenoxy) is 2. The van der Waals surface area contributed by atoms with E-state index in [2.05, 4.69) is 32.3 Å². The maximum atomic E-state index is 13.1. The Balaban J connectivity index is 1.09. The number of nitro groups is 2. The first-order valence-corrected chi connectivity index (χ1v) is 20.9. The van der Waals surface area contributed by atoms with Crippen LogP contribution in [0.2, 0.25) is 0 Å². The molecule has 0 fully saturated rings. The van der Waals surface area contributed by atoms with E-state index in [1.165, 1.54) is 48.5 Å². The van der Waals surface area contributed by atoms with Crippen molar-refractivity contribution in [3.8, 4) is 23.0 Å². The van der Waals surface area contributed by atoms with Crippen molar-refractivity contribution < 1.29 is 39.1 Å². The van der Waals surface area contributed by atoms with E-state index in [4.69, 9.17) is 33.9 Å². The van der Waals surface area contributed by atoms with Gasteiger partial charge in [0.2, 0.25) is 0 Å². The summed E-state index contributed by atoms with van der Waals surface area (Å²) in [4.78, 5) is 47.1. The van der Waals surface area contributed by atoms with Crippen molar-refractivity contribution in [3.05, 3.63) is 186 Å². The first-order chi connectivity index (χ1) is 31.8. The molecule has 8 N–H and O–H groups in total. The highest BCUT2D eigenvalue weighted by atomic mass is 32.1. The molecule has 0 heterocycles. The monoisotopic (exact) mass is 928 g/mol. The molecule has 7 rings (SSSR count). The molecule has 66 heavy (non-hydrogen) atoms. The van der Waals surface area contributed by atoms with E-state index in [-0.39, 0.29) is 58.8 Å². The second-order valence-corrected chi connectivity index (χ2v) is 15.6. The molecule has 2 amide bonds. The summed E-state index contributed by atoms with van der Waals surface area (Å²) in [5.41, 5.74) is 15.8. The highest BCUT2D eigenvalue weighted by molar-refractivity contribution is 7.80. The maximum absolute atomic E-state index is 13.1. The van der Waals surface area contributed by atoms with Crippen molar-refractivity contribution in [1.82, 2.24) is 21.7 Å². The molecule has 18 nitrogen and oxygen atoms in total. The minimum absolute atomic E-state index is 0.0261. The Morgan fingerprint density at radius 1 is 0.485 bits per heavy atom. The van der Waals surface area contributed by atoms with Crippen LogP contribution in [0.1, 0.15) is 44.5 Å². The number of nitrogens with zero attached hydrogens (tertiary/aromatic N) is 2. The van der Waals surface area contributed by atoms with Crippen LogP contribution in [0.25, 0.3) is 0 Å². The highest BCUT2D eigenvalue weighted by Crippen LogP contribution is 2.38. The van der Waals surface area contributed by atoms with Crippen molar-refractivity contribution >= 4 is 69.2 Å². The molecule has 0 spiro atoms. The summed E-state index contributed by atoms with van der Waals surface area (Å²) in [7, 11) is 0. The number of hydrazine groups is 2. The van der Waals surface area contributed by atoms with Gasteiger partial charge in [-0.2, -0.15) is 0 Å². The number of carbonyl (C=O) groups excluding carboxylic acids is 2. The average molecular weight is 929 g/mol. The number of aromatic hydroxyl groups is 2. The topological polar surface area (TPSA) is 252 Å². The lowest BCUT2D eigenvalue weighted by atomic mass is 9.91. The fourth-order valence-corrected chi connectivity index (χ4v) is 7.48. The molecule has 336 valence electrons. The SMILES string of the molecule is O=C(COc1c2cccc1Cc1cccc(c1O)Cc1cccc(c1OCC(=O)NNC(=S)Nc1ccc([N+](=O)[O-])cc1)Cc1cccc(c1O)C2)NNC(=S)Nc1ccc([N+](=O)[O-])cc1. The fourth-order valence-electron chi connectivity index (χ4n) is 7.14. The average Bonchev–Trinajstić information content (AvgIpc) is 3.29. The van der Waals surface area contributed by atoms with Gasteiger partial charge < -0.3 is 30.3 Å². The fraction of sp³-hybridized carbons (Fsp3) is 0.130. The summed E-state index contributed by atoms with van der Waals surface area (Å²) < 4.78 is 12.4. The summed E-state index contributed by atoms with van der Waals surface area (Å²) in [6.45, 7) is -0.876. The standard InChI is InChI=1S/C46H40N8O10S2/c55-39(49-51-45(65)47-35-13-17-37(18-14-35)53(59)60)25-63-43-31-9-3-11-33(43)23-29-7-2-8-30(42(29)58)24-34-12-4-10-32(22-28-6-1-5-27(21-31)41(28)57)44(34)64-26-40(56)50-52-46(66)48-36-15-19-38(20-16-36)54(61)62/h1-20,57-58H,21-26H2,(H,49,55)(H,50,56)(H2,47,51,65)(H2,48,52,66). The summed E-state index contributed by atoms with van der Waals surface area (Å²) in [6.07, 6.45) is 0.815. The number of hydrogen-bond acceptors (Lipinski definition) is 12. The second-order valence-electron chi connectivity index (χ2n) is 14.8. The molecule has 1 aliphatic carbocycles. The van der Waals surface area contributed by atoms with Crippen LogP contribution in [0.4, 0.5) is 22.7 Å². The van der Waals surface area contributed by atoms with Crippen molar-refractivity contribution in [1.29, 1.82) is 0 Å². The molecule has 8 bridgehead atoms. The molecule has 6 aromatic rings. The smallest absolute Gasteiger partial charge is 0.276 e. The normalized spacial score (nSPS) is 11.5. The summed E-state index contributed by atoms with van der Waals surface area (Å²) in [6, 6.07) is 33.0. The van der Waals surface area contributed by atoms with E-state index >= 15 is 0 Å². The van der Waals surface area contributed by atoms with Crippen LogP contribution < -0.4 is 41.8 Å². The van der Waals surface area contributed by atoms with Gasteiger partial charge in [-0.25, -0.2) is 0 Å². The molecular weight excluding hydrogens is 889 g/mol. The van der Waals surface area contributed by atoms with Gasteiger partial charge in [0.15, 0.2) is 23.4 Å². The van der Waals surface area contributed by atoms with Crippen LogP contribution in [-0.2, 0) is 35.3 Å². The predicted molar refractivity (Wildman–Crippen MR) is 253 cm³/mol. The first kappa shape index (κ1) is 45.7. The molecular formula is C46H40N8O10S2. The van der Waals surface area contributed by atoms with Crippen LogP contribution in [0.15, 0.2) is 121 Å². The van der Waals surface area contributed by atoms with E-state index in [1.807, 2.05) is 48.5 Å². The van der Waals surface area contributed by atoms with Gasteiger partial charge in [0.25, 0.3) is 23.2 Å². The third-order valence-corrected chi connectivity index (χ3v) is 10.7. The lowest BCUT2D eigenvalue weighted by molar-refractivity contribution is -0.385. The number of hydrogen-bond donors (Lipinski definition) is 8. The number of amides is 2. The van der Waals surface area contributed by atoms with E-state index in [1.54, 1.807) is 24.3 Å². The molecule has 1 aliphatic rings. The maximum Gasteiger partial charge on any atom is 0.276 e. The first-order valence-electron chi connectivity index (χ1n) is 20.1. The molecule has 6 aromatic carbocycles. The van der Waals surface area contributed by atoms with E-state index in [0.29, 0.717) is 67.4 Å². The minimum atomic E-state index is -0.575. The van der Waals surface area contributed by atoms with Gasteiger partial charge in [-0.1, -0.05) is 72.8 Å². The Hall–Kier alpha value is -8.36. The van der Waals surface area contributed by atoms with Crippen LogP contribution in [-0.4, -0.2) is 55.3 Å². The van der Waals surface area contributed by atoms with Crippen molar-refractivity contribution in [2.45, 2.75) is 25.7 Å². The number of phenolic OH excluding ortho intramolecular Hbond substituents is 2. The number of phenols is 2. The van der Waals surface area contributed by atoms with Gasteiger partial charge in [-0.15, -0.1) is 0 Å². The molecule has 0 saturated heterocycles. The third kappa shape index (κ3) is 11.6. The summed E-state index contributed by atoms with van der Waals surface area (Å²) in [5.74, 6) is -0.309. The molecule has 0 aromatic heterocycles. The number of rotatable bonds is 10. The van der Waals surface area contributed by atoms with E-state index in [9.17, 15) is 40.0 Å². The van der Waals surface area contributed by atoms with Crippen molar-refractivity contribution in [2.75, 3.05) is 23.8 Å². The Labute approximate surface area is 387 Å². The number of thiocarbonyl (C=S) groups is 2. The Morgan fingerprint density at radius 3 is 1.06 bits per heavy atom. The summed E-state index contributed by atoms with van der Waals surface area (Å²) >= 11 is 10.5. The Kier molecular flexibility index (Phi) is 14.4. The van der Waals surface area contributed by atoms with Gasteiger partial charge >= 0.3 is 0 Å². The van der Waals surface area contributed by atoms with Crippen molar-refractivity contribution in [3.63, 3.8) is 0 Å². The van der Waals surface area contributed by atoms with Gasteiger partial charge in [-0.05, 0) is 93.2 Å². The number of anilines is 2. The number of nitrogens with one attached hydrogen (secondary N) is 6. The molecule has 0 aliphatic heterocycles. The lowest BCUT2D eigenvalue weighted by Gasteiger charge is -2.20. The Bertz CT molecular complexity index is 2570. The lowest BCUT2D eigenvalue weighted by Crippen LogP contribution is -2.45. The molecule has 0 atom stereocenters. The zero-order chi connectivity index (χ0) is 46.7. The summed E-state index contributed by atoms with van der Waals surface area (Å²) in [5, 5.41) is 51.2. The van der Waals surface area contributed by atoms with Crippen LogP contribution >= 0.6 is 24.4 Å². The number of fused-ring (bicyclic) bond motifs is 8. The number of carbonyl (C=O) groups is 2. The van der Waals surface area contributed by atoms with Crippen LogP contribution in [0, 0.1) is 20.2 Å². The quantitative estimate of drug-likeness (QED) is 0.0421. The molecule has 0 unspecified atom stereocenters. The highest BCUT2D eigenvalue weighted by Gasteiger charge is 2.21. The molecule has 0 saturated carbocycles. The zero-order valence-electron chi connectivity index (χ0n) is 34.7. The van der Waals surface area contributed by atoms with Crippen LogP contribution in [0.5, 0.6) is 23.0 Å². The third-order valence-electron chi connectivity index (χ3n) is 10.3. The number of non-ortho nitro benzene ring substituents is 2. The van der Waals surface area contributed by atoms with Crippen molar-refractivity contribution in [2.24, 2.45) is 0 Å². The Morgan fingerprint density at radius 2 is 0.773 bits per heavy atom. The van der Waals surface area contributed by atoms with E-state index < -0.39 is 34.9 Å². The second kappa shape index (κ2) is 20.9. The number of benzene rings is 6. The largest absolute Gasteiger partial charge is 0.507 e. The van der Waals surface area contributed by atoms with Gasteiger partial charge in [-0.3, -0.25) is 51.5 Å². The molecule has 20 heteroatoms. The van der Waals surface area contributed by atoms with Gasteiger partial charge in [0.1, 0.15) is 23.0 Å². The van der Waals surface area contributed by atoms with Gasteiger partial charge in [0.05, 0.1) is 9.85 Å². The van der Waals surface area contributed by atoms with E-state index in [0.717, 1.165) is 0 Å². The minimum Gasteiger partial charge on any atom is -0.507 e. The zero-order valence-corrected chi connectivity index (χ0v) is 36.3. The number of para-hydroxylation sites is 4. The number of nitro benzene ring substituents is 2. The predicted octanol–water partition coefficient (Wildman–Crippen LogP) is 6.38.